The molecule has 0 aliphatic heterocycles. The highest BCUT2D eigenvalue weighted by atomic mass is 32.2. The second-order valence-corrected chi connectivity index (χ2v) is 5.36. The van der Waals surface area contributed by atoms with E-state index < -0.39 is 15.0 Å². The Labute approximate surface area is 109 Å². The van der Waals surface area contributed by atoms with E-state index in [-0.39, 0.29) is 11.5 Å². The van der Waals surface area contributed by atoms with E-state index in [1.165, 1.54) is 0 Å². The van der Waals surface area contributed by atoms with Crippen LogP contribution in [0, 0.1) is 25.2 Å². The maximum atomic E-state index is 11.5. The average molecular weight is 278 g/mol. The van der Waals surface area contributed by atoms with Gasteiger partial charge in [0.2, 0.25) is 0 Å². The third-order valence-corrected chi connectivity index (χ3v) is 3.21. The fraction of sp³-hybridized carbons (Fsp3) is 0.200. The molecule has 0 saturated carbocycles. The van der Waals surface area contributed by atoms with Gasteiger partial charge in [-0.05, 0) is 19.9 Å². The van der Waals surface area contributed by atoms with E-state index in [0.29, 0.717) is 11.4 Å². The smallest absolute Gasteiger partial charge is 0.223 e. The molecule has 0 spiro atoms. The third kappa shape index (κ3) is 2.44. The zero-order chi connectivity index (χ0) is 14.2. The maximum Gasteiger partial charge on any atom is 0.257 e. The Morgan fingerprint density at radius 3 is 2.37 bits per heavy atom. The summed E-state index contributed by atoms with van der Waals surface area (Å²) >= 11 is 0. The molecule has 0 amide bonds. The molecule has 2 heterocycles. The zero-order valence-corrected chi connectivity index (χ0v) is 11.0. The quantitative estimate of drug-likeness (QED) is 0.810. The number of sulfonamides is 1. The second kappa shape index (κ2) is 4.42. The van der Waals surface area contributed by atoms with Crippen LogP contribution in [0.25, 0.3) is 5.95 Å². The van der Waals surface area contributed by atoms with Gasteiger partial charge in [-0.25, -0.2) is 23.5 Å². The Kier molecular flexibility index (Phi) is 3.05. The minimum atomic E-state index is -4.11. The number of nitriles is 1. The van der Waals surface area contributed by atoms with Crippen LogP contribution < -0.4 is 5.14 Å². The van der Waals surface area contributed by atoms with E-state index in [2.05, 4.69) is 15.1 Å². The van der Waals surface area contributed by atoms with Gasteiger partial charge in [0.1, 0.15) is 11.6 Å². The molecule has 0 bridgehead atoms. The summed E-state index contributed by atoms with van der Waals surface area (Å²) in [6.07, 6.45) is 1.11. The number of aromatic nitrogens is 4. The first-order valence-corrected chi connectivity index (χ1v) is 6.71. The van der Waals surface area contributed by atoms with Crippen LogP contribution in [0.4, 0.5) is 0 Å². The Morgan fingerprint density at radius 2 is 1.89 bits per heavy atom. The summed E-state index contributed by atoms with van der Waals surface area (Å²) in [6, 6.07) is 3.45. The molecule has 0 fully saturated rings. The van der Waals surface area contributed by atoms with Crippen LogP contribution in [-0.4, -0.2) is 28.2 Å². The topological polar surface area (TPSA) is 128 Å². The Bertz CT molecular complexity index is 767. The van der Waals surface area contributed by atoms with Crippen molar-refractivity contribution in [2.75, 3.05) is 0 Å². The van der Waals surface area contributed by atoms with Gasteiger partial charge in [-0.15, -0.1) is 0 Å². The number of hydrogen-bond acceptors (Lipinski definition) is 6. The molecular weight excluding hydrogens is 268 g/mol. The molecule has 0 radical (unpaired) electrons. The largest absolute Gasteiger partial charge is 0.257 e. The minimum Gasteiger partial charge on any atom is -0.223 e. The zero-order valence-electron chi connectivity index (χ0n) is 10.2. The van der Waals surface area contributed by atoms with Crippen molar-refractivity contribution in [1.82, 2.24) is 19.7 Å². The monoisotopic (exact) mass is 278 g/mol. The predicted molar refractivity (Wildman–Crippen MR) is 64.7 cm³/mol. The second-order valence-electron chi connectivity index (χ2n) is 3.88. The van der Waals surface area contributed by atoms with Crippen LogP contribution in [0.1, 0.15) is 17.0 Å². The third-order valence-electron chi connectivity index (χ3n) is 2.27. The molecular formula is C10H10N6O2S. The normalized spacial score (nSPS) is 11.3. The standard InChI is InChI=1S/C10H10N6O2S/c1-6-3-7(2)15-10(14-6)16-9(19(12,17)18)8(4-11)5-13-16/h3,5H,1-2H3,(H2,12,17,18). The lowest BCUT2D eigenvalue weighted by atomic mass is 10.4. The van der Waals surface area contributed by atoms with Crippen molar-refractivity contribution in [3.05, 3.63) is 29.2 Å². The van der Waals surface area contributed by atoms with Gasteiger partial charge in [-0.3, -0.25) is 0 Å². The van der Waals surface area contributed by atoms with Crippen LogP contribution in [0.3, 0.4) is 0 Å². The summed E-state index contributed by atoms with van der Waals surface area (Å²) in [5.41, 5.74) is 1.15. The summed E-state index contributed by atoms with van der Waals surface area (Å²) in [5.74, 6) is 0.0584. The van der Waals surface area contributed by atoms with Gasteiger partial charge in [0, 0.05) is 11.4 Å². The first kappa shape index (κ1) is 13.1. The average Bonchev–Trinajstić information content (AvgIpc) is 2.70. The van der Waals surface area contributed by atoms with Crippen LogP contribution in [0.2, 0.25) is 0 Å². The van der Waals surface area contributed by atoms with Crippen molar-refractivity contribution >= 4 is 10.0 Å². The van der Waals surface area contributed by atoms with E-state index in [0.717, 1.165) is 10.9 Å². The number of hydrogen-bond donors (Lipinski definition) is 1. The fourth-order valence-corrected chi connectivity index (χ4v) is 2.41. The lowest BCUT2D eigenvalue weighted by Crippen LogP contribution is -2.20. The molecule has 0 aliphatic carbocycles. The lowest BCUT2D eigenvalue weighted by Gasteiger charge is -2.06. The summed E-state index contributed by atoms with van der Waals surface area (Å²) in [5, 5.41) is 17.4. The van der Waals surface area contributed by atoms with Crippen molar-refractivity contribution < 1.29 is 8.42 Å². The molecule has 0 aromatic carbocycles. The highest BCUT2D eigenvalue weighted by Crippen LogP contribution is 2.16. The first-order chi connectivity index (χ1) is 8.82. The van der Waals surface area contributed by atoms with Gasteiger partial charge in [0.15, 0.2) is 5.03 Å². The van der Waals surface area contributed by atoms with Crippen LogP contribution in [0.15, 0.2) is 17.3 Å². The lowest BCUT2D eigenvalue weighted by molar-refractivity contribution is 0.584. The molecule has 0 unspecified atom stereocenters. The summed E-state index contributed by atoms with van der Waals surface area (Å²) in [4.78, 5) is 8.17. The van der Waals surface area contributed by atoms with Crippen molar-refractivity contribution in [3.63, 3.8) is 0 Å². The fourth-order valence-electron chi connectivity index (χ4n) is 1.63. The summed E-state index contributed by atoms with van der Waals surface area (Å²) in [7, 11) is -4.11. The molecule has 2 N–H and O–H groups in total. The number of rotatable bonds is 2. The van der Waals surface area contributed by atoms with Crippen molar-refractivity contribution in [2.24, 2.45) is 5.14 Å². The number of primary sulfonamides is 1. The van der Waals surface area contributed by atoms with Crippen molar-refractivity contribution in [2.45, 2.75) is 18.9 Å². The molecule has 0 aliphatic rings. The SMILES string of the molecule is Cc1cc(C)nc(-n2ncc(C#N)c2S(N)(=O)=O)n1. The van der Waals surface area contributed by atoms with Crippen LogP contribution >= 0.6 is 0 Å². The summed E-state index contributed by atoms with van der Waals surface area (Å²) < 4.78 is 24.0. The highest BCUT2D eigenvalue weighted by molar-refractivity contribution is 7.89. The summed E-state index contributed by atoms with van der Waals surface area (Å²) in [6.45, 7) is 3.48. The van der Waals surface area contributed by atoms with Gasteiger partial charge >= 0.3 is 0 Å². The minimum absolute atomic E-state index is 0.0584. The van der Waals surface area contributed by atoms with E-state index >= 15 is 0 Å². The van der Waals surface area contributed by atoms with Gasteiger partial charge in [-0.1, -0.05) is 0 Å². The van der Waals surface area contributed by atoms with E-state index in [1.807, 2.05) is 0 Å². The predicted octanol–water partition coefficient (Wildman–Crippen LogP) is -0.202. The number of nitrogens with zero attached hydrogens (tertiary/aromatic N) is 5. The molecule has 2 rings (SSSR count). The van der Waals surface area contributed by atoms with E-state index in [4.69, 9.17) is 10.4 Å². The van der Waals surface area contributed by atoms with Gasteiger partial charge in [0.25, 0.3) is 16.0 Å². The molecule has 98 valence electrons. The molecule has 0 atom stereocenters. The van der Waals surface area contributed by atoms with Crippen molar-refractivity contribution in [3.8, 4) is 12.0 Å². The van der Waals surface area contributed by atoms with Gasteiger partial charge in [0.05, 0.1) is 6.20 Å². The molecule has 8 nitrogen and oxygen atoms in total. The van der Waals surface area contributed by atoms with Gasteiger partial charge < -0.3 is 0 Å². The highest BCUT2D eigenvalue weighted by Gasteiger charge is 2.23. The molecule has 2 aromatic rings. The van der Waals surface area contributed by atoms with Crippen LogP contribution in [-0.2, 0) is 10.0 Å². The van der Waals surface area contributed by atoms with Crippen LogP contribution in [0.5, 0.6) is 0 Å². The Hall–Kier alpha value is -2.31. The molecule has 2 aromatic heterocycles. The molecule has 9 heteroatoms. The number of nitrogens with two attached hydrogens (primary N) is 1. The first-order valence-electron chi connectivity index (χ1n) is 5.16. The Morgan fingerprint density at radius 1 is 1.32 bits per heavy atom. The Balaban J connectivity index is 2.78. The molecule has 19 heavy (non-hydrogen) atoms. The number of aryl methyl sites for hydroxylation is 2. The van der Waals surface area contributed by atoms with Crippen molar-refractivity contribution in [1.29, 1.82) is 5.26 Å². The van der Waals surface area contributed by atoms with Gasteiger partial charge in [-0.2, -0.15) is 15.0 Å². The van der Waals surface area contributed by atoms with E-state index in [9.17, 15) is 8.42 Å². The molecule has 0 saturated heterocycles. The maximum absolute atomic E-state index is 11.5. The van der Waals surface area contributed by atoms with E-state index in [1.54, 1.807) is 26.0 Å².